The Kier molecular flexibility index (Phi) is 6.44. The normalized spacial score (nSPS) is 24.2. The molecule has 2 bridgehead atoms. The number of nitrogens with one attached hydrogen (secondary N) is 2. The lowest BCUT2D eigenvalue weighted by molar-refractivity contribution is 0.0922. The first kappa shape index (κ1) is 22.7. The van der Waals surface area contributed by atoms with Gasteiger partial charge in [-0.2, -0.15) is 0 Å². The fourth-order valence-electron chi connectivity index (χ4n) is 6.03. The molecule has 2 saturated heterocycles. The Morgan fingerprint density at radius 3 is 2.29 bits per heavy atom. The average Bonchev–Trinajstić information content (AvgIpc) is 3.44. The highest BCUT2D eigenvalue weighted by atomic mass is 16.5. The molecule has 180 valence electrons. The Hall–Kier alpha value is -3.09. The third-order valence-corrected chi connectivity index (χ3v) is 7.78. The molecular formula is C27H34N4O3. The fraction of sp³-hybridized carbons (Fsp3) is 0.519. The van der Waals surface area contributed by atoms with Crippen molar-refractivity contribution in [1.29, 1.82) is 0 Å². The first-order chi connectivity index (χ1) is 16.5. The van der Waals surface area contributed by atoms with Gasteiger partial charge in [0, 0.05) is 41.5 Å². The zero-order valence-electron chi connectivity index (χ0n) is 20.0. The average molecular weight is 463 g/mol. The summed E-state index contributed by atoms with van der Waals surface area (Å²) in [6.45, 7) is 1.92. The second-order valence-corrected chi connectivity index (χ2v) is 9.93. The molecule has 3 heterocycles. The zero-order chi connectivity index (χ0) is 23.7. The van der Waals surface area contributed by atoms with Crippen molar-refractivity contribution in [1.82, 2.24) is 15.6 Å². The van der Waals surface area contributed by atoms with Gasteiger partial charge in [-0.15, -0.1) is 0 Å². The van der Waals surface area contributed by atoms with Crippen LogP contribution < -0.4 is 20.3 Å². The summed E-state index contributed by atoms with van der Waals surface area (Å²) < 4.78 is 5.37. The van der Waals surface area contributed by atoms with Crippen molar-refractivity contribution in [3.63, 3.8) is 0 Å². The molecule has 7 nitrogen and oxygen atoms in total. The molecule has 1 aliphatic carbocycles. The van der Waals surface area contributed by atoms with Crippen molar-refractivity contribution < 1.29 is 14.3 Å². The maximum absolute atomic E-state index is 13.0. The molecular weight excluding hydrogens is 428 g/mol. The largest absolute Gasteiger partial charge is 0.496 e. The second kappa shape index (κ2) is 9.65. The Bertz CT molecular complexity index is 1030. The Morgan fingerprint density at radius 2 is 1.65 bits per heavy atom. The Balaban J connectivity index is 1.22. The van der Waals surface area contributed by atoms with Crippen LogP contribution in [0.5, 0.6) is 5.75 Å². The molecule has 1 aromatic carbocycles. The summed E-state index contributed by atoms with van der Waals surface area (Å²) in [4.78, 5) is 32.6. The van der Waals surface area contributed by atoms with Gasteiger partial charge in [0.05, 0.1) is 12.7 Å². The number of methoxy groups -OCH3 is 1. The highest BCUT2D eigenvalue weighted by Crippen LogP contribution is 2.38. The molecule has 0 spiro atoms. The molecule has 2 aliphatic heterocycles. The van der Waals surface area contributed by atoms with Gasteiger partial charge in [-0.05, 0) is 69.7 Å². The van der Waals surface area contributed by atoms with Crippen LogP contribution in [0.15, 0.2) is 36.5 Å². The number of hydrogen-bond donors (Lipinski definition) is 2. The summed E-state index contributed by atoms with van der Waals surface area (Å²) in [6.07, 6.45) is 10.2. The van der Waals surface area contributed by atoms with Gasteiger partial charge in [-0.1, -0.05) is 18.9 Å². The number of piperidine rings is 1. The van der Waals surface area contributed by atoms with E-state index >= 15 is 0 Å². The monoisotopic (exact) mass is 462 g/mol. The quantitative estimate of drug-likeness (QED) is 0.678. The van der Waals surface area contributed by atoms with Crippen LogP contribution in [0.2, 0.25) is 0 Å². The number of carbonyl (C=O) groups excluding carboxylic acids is 2. The molecule has 3 fully saturated rings. The van der Waals surface area contributed by atoms with Gasteiger partial charge in [-0.25, -0.2) is 4.98 Å². The summed E-state index contributed by atoms with van der Waals surface area (Å²) in [5, 5.41) is 6.40. The van der Waals surface area contributed by atoms with Crippen LogP contribution in [0.3, 0.4) is 0 Å². The predicted octanol–water partition coefficient (Wildman–Crippen LogP) is 4.00. The lowest BCUT2D eigenvalue weighted by atomic mass is 9.96. The molecule has 0 unspecified atom stereocenters. The number of fused-ring (bicyclic) bond motifs is 2. The van der Waals surface area contributed by atoms with Crippen LogP contribution in [0.25, 0.3) is 0 Å². The van der Waals surface area contributed by atoms with Gasteiger partial charge in [0.15, 0.2) is 0 Å². The third kappa shape index (κ3) is 4.48. The summed E-state index contributed by atoms with van der Waals surface area (Å²) in [6, 6.07) is 10.6. The number of nitrogens with zero attached hydrogens (tertiary/aromatic N) is 2. The lowest BCUT2D eigenvalue weighted by Gasteiger charge is -2.40. The minimum Gasteiger partial charge on any atom is -0.496 e. The van der Waals surface area contributed by atoms with E-state index in [0.717, 1.165) is 55.7 Å². The standard InChI is InChI=1S/C27H34N4O3/c1-17-23(8-5-9-24(17)34-2)27(33)30-20-14-21-11-12-22(15-20)31(21)25-13-10-18(16-28-25)26(32)29-19-6-3-4-7-19/h5,8-10,13,16,19-22H,3-4,6-7,11-12,14-15H2,1-2H3,(H,29,32)(H,30,33)/t20-,21+,22-. The van der Waals surface area contributed by atoms with Crippen LogP contribution in [-0.2, 0) is 0 Å². The molecule has 2 aromatic rings. The molecule has 3 atom stereocenters. The maximum atomic E-state index is 13.0. The summed E-state index contributed by atoms with van der Waals surface area (Å²) in [5.74, 6) is 1.60. The molecule has 2 amide bonds. The maximum Gasteiger partial charge on any atom is 0.253 e. The van der Waals surface area contributed by atoms with Crippen LogP contribution in [-0.4, -0.2) is 48.1 Å². The molecule has 3 aliphatic rings. The van der Waals surface area contributed by atoms with Crippen molar-refractivity contribution in [2.75, 3.05) is 12.0 Å². The summed E-state index contributed by atoms with van der Waals surface area (Å²) >= 11 is 0. The number of rotatable bonds is 6. The highest BCUT2D eigenvalue weighted by Gasteiger charge is 2.42. The molecule has 5 rings (SSSR count). The molecule has 1 saturated carbocycles. The predicted molar refractivity (Wildman–Crippen MR) is 131 cm³/mol. The SMILES string of the molecule is COc1cccc(C(=O)N[C@H]2C[C@H]3CC[C@@H](C2)N3c2ccc(C(=O)NC3CCCC3)cn2)c1C. The van der Waals surface area contributed by atoms with E-state index in [9.17, 15) is 9.59 Å². The van der Waals surface area contributed by atoms with Gasteiger partial charge < -0.3 is 20.3 Å². The van der Waals surface area contributed by atoms with E-state index in [4.69, 9.17) is 4.74 Å². The van der Waals surface area contributed by atoms with Crippen LogP contribution in [0, 0.1) is 6.92 Å². The number of hydrogen-bond acceptors (Lipinski definition) is 5. The topological polar surface area (TPSA) is 83.6 Å². The number of pyridine rings is 1. The number of amides is 2. The van der Waals surface area contributed by atoms with Gasteiger partial charge in [0.2, 0.25) is 0 Å². The first-order valence-corrected chi connectivity index (χ1v) is 12.5. The van der Waals surface area contributed by atoms with Crippen LogP contribution in [0.4, 0.5) is 5.82 Å². The van der Waals surface area contributed by atoms with Crippen molar-refractivity contribution in [2.24, 2.45) is 0 Å². The summed E-state index contributed by atoms with van der Waals surface area (Å²) in [7, 11) is 1.63. The minimum absolute atomic E-state index is 0.0248. The van der Waals surface area contributed by atoms with Crippen molar-refractivity contribution >= 4 is 17.6 Å². The van der Waals surface area contributed by atoms with E-state index < -0.39 is 0 Å². The molecule has 34 heavy (non-hydrogen) atoms. The van der Waals surface area contributed by atoms with E-state index in [0.29, 0.717) is 29.3 Å². The van der Waals surface area contributed by atoms with E-state index in [1.165, 1.54) is 12.8 Å². The highest BCUT2D eigenvalue weighted by molar-refractivity contribution is 5.96. The Morgan fingerprint density at radius 1 is 0.941 bits per heavy atom. The van der Waals surface area contributed by atoms with Gasteiger partial charge in [0.1, 0.15) is 11.6 Å². The van der Waals surface area contributed by atoms with Gasteiger partial charge in [-0.3, -0.25) is 9.59 Å². The van der Waals surface area contributed by atoms with Gasteiger partial charge in [0.25, 0.3) is 11.8 Å². The van der Waals surface area contributed by atoms with Crippen LogP contribution >= 0.6 is 0 Å². The Labute approximate surface area is 201 Å². The molecule has 2 N–H and O–H groups in total. The second-order valence-electron chi connectivity index (χ2n) is 9.93. The number of benzene rings is 1. The smallest absolute Gasteiger partial charge is 0.253 e. The van der Waals surface area contributed by atoms with E-state index in [1.807, 2.05) is 37.3 Å². The molecule has 1 aromatic heterocycles. The number of carbonyl (C=O) groups is 2. The first-order valence-electron chi connectivity index (χ1n) is 12.5. The molecule has 0 radical (unpaired) electrons. The minimum atomic E-state index is -0.0370. The van der Waals surface area contributed by atoms with E-state index in [-0.39, 0.29) is 17.9 Å². The molecule has 7 heteroatoms. The van der Waals surface area contributed by atoms with Crippen molar-refractivity contribution in [2.45, 2.75) is 82.5 Å². The fourth-order valence-corrected chi connectivity index (χ4v) is 6.03. The number of ether oxygens (including phenoxy) is 1. The van der Waals surface area contributed by atoms with Gasteiger partial charge >= 0.3 is 0 Å². The van der Waals surface area contributed by atoms with Crippen molar-refractivity contribution in [3.05, 3.63) is 53.2 Å². The summed E-state index contributed by atoms with van der Waals surface area (Å²) in [5.41, 5.74) is 2.16. The number of aromatic nitrogens is 1. The third-order valence-electron chi connectivity index (χ3n) is 7.78. The van der Waals surface area contributed by atoms with Crippen molar-refractivity contribution in [3.8, 4) is 5.75 Å². The van der Waals surface area contributed by atoms with E-state index in [2.05, 4.69) is 20.5 Å². The zero-order valence-corrected chi connectivity index (χ0v) is 20.0. The van der Waals surface area contributed by atoms with Crippen LogP contribution in [0.1, 0.15) is 77.6 Å². The van der Waals surface area contributed by atoms with E-state index in [1.54, 1.807) is 13.3 Å². The number of anilines is 1. The lowest BCUT2D eigenvalue weighted by Crippen LogP contribution is -2.50.